The van der Waals surface area contributed by atoms with Crippen LogP contribution in [0.2, 0.25) is 0 Å². The normalized spacial score (nSPS) is 10.1. The van der Waals surface area contributed by atoms with E-state index in [2.05, 4.69) is 10.6 Å². The summed E-state index contributed by atoms with van der Waals surface area (Å²) in [4.78, 5) is 24.5. The highest BCUT2D eigenvalue weighted by molar-refractivity contribution is 6.09. The van der Waals surface area contributed by atoms with E-state index in [1.807, 2.05) is 19.9 Å². The molecule has 2 amide bonds. The maximum absolute atomic E-state index is 12.5. The van der Waals surface area contributed by atoms with Gasteiger partial charge in [0, 0.05) is 12.1 Å². The number of benzene rings is 2. The van der Waals surface area contributed by atoms with Crippen LogP contribution in [0.5, 0.6) is 5.75 Å². The number of rotatable bonds is 7. The summed E-state index contributed by atoms with van der Waals surface area (Å²) in [5, 5.41) is 5.53. The molecule has 0 aliphatic rings. The van der Waals surface area contributed by atoms with E-state index < -0.39 is 0 Å². The highest BCUT2D eigenvalue weighted by Gasteiger charge is 2.13. The zero-order chi connectivity index (χ0) is 17.4. The third-order valence-corrected chi connectivity index (χ3v) is 3.33. The Balaban J connectivity index is 2.17. The van der Waals surface area contributed by atoms with Gasteiger partial charge < -0.3 is 15.4 Å². The number of amides is 2. The number of ether oxygens (including phenoxy) is 1. The van der Waals surface area contributed by atoms with Crippen molar-refractivity contribution in [2.45, 2.75) is 20.3 Å². The van der Waals surface area contributed by atoms with E-state index >= 15 is 0 Å². The molecule has 5 heteroatoms. The van der Waals surface area contributed by atoms with Crippen LogP contribution in [0.3, 0.4) is 0 Å². The highest BCUT2D eigenvalue weighted by Crippen LogP contribution is 2.18. The van der Waals surface area contributed by atoms with Crippen molar-refractivity contribution in [1.82, 2.24) is 5.32 Å². The number of nitrogens with one attached hydrogen (secondary N) is 2. The molecule has 0 unspecified atom stereocenters. The third-order valence-electron chi connectivity index (χ3n) is 3.33. The van der Waals surface area contributed by atoms with E-state index in [1.54, 1.807) is 42.5 Å². The zero-order valence-electron chi connectivity index (χ0n) is 14.0. The second-order valence-electron chi connectivity index (χ2n) is 5.24. The van der Waals surface area contributed by atoms with Gasteiger partial charge in [0.25, 0.3) is 11.8 Å². The van der Waals surface area contributed by atoms with Crippen LogP contribution in [0, 0.1) is 0 Å². The largest absolute Gasteiger partial charge is 0.494 e. The van der Waals surface area contributed by atoms with E-state index in [0.717, 1.165) is 6.42 Å². The smallest absolute Gasteiger partial charge is 0.255 e. The van der Waals surface area contributed by atoms with E-state index in [1.165, 1.54) is 0 Å². The summed E-state index contributed by atoms with van der Waals surface area (Å²) in [5.41, 5.74) is 1.40. The minimum absolute atomic E-state index is 0.214. The summed E-state index contributed by atoms with van der Waals surface area (Å²) in [7, 11) is 0. The number of anilines is 1. The van der Waals surface area contributed by atoms with Gasteiger partial charge in [-0.05, 0) is 43.7 Å². The molecule has 5 nitrogen and oxygen atoms in total. The average Bonchev–Trinajstić information content (AvgIpc) is 2.61. The average molecular weight is 326 g/mol. The van der Waals surface area contributed by atoms with Crippen LogP contribution < -0.4 is 15.4 Å². The van der Waals surface area contributed by atoms with Crippen molar-refractivity contribution in [2.24, 2.45) is 0 Å². The van der Waals surface area contributed by atoms with Gasteiger partial charge >= 0.3 is 0 Å². The number of hydrogen-bond donors (Lipinski definition) is 2. The van der Waals surface area contributed by atoms with Crippen LogP contribution in [-0.2, 0) is 0 Å². The van der Waals surface area contributed by atoms with Crippen molar-refractivity contribution in [3.05, 3.63) is 59.7 Å². The second-order valence-corrected chi connectivity index (χ2v) is 5.24. The molecule has 2 rings (SSSR count). The number of carbonyl (C=O) groups is 2. The fraction of sp³-hybridized carbons (Fsp3) is 0.263. The van der Waals surface area contributed by atoms with Crippen LogP contribution >= 0.6 is 0 Å². The highest BCUT2D eigenvalue weighted by atomic mass is 16.5. The Morgan fingerprint density at radius 3 is 2.54 bits per heavy atom. The molecule has 2 N–H and O–H groups in total. The summed E-state index contributed by atoms with van der Waals surface area (Å²) in [6, 6.07) is 13.9. The van der Waals surface area contributed by atoms with Gasteiger partial charge in [-0.3, -0.25) is 9.59 Å². The molecule has 24 heavy (non-hydrogen) atoms. The van der Waals surface area contributed by atoms with Crippen molar-refractivity contribution in [1.29, 1.82) is 0 Å². The van der Waals surface area contributed by atoms with Gasteiger partial charge in [-0.1, -0.05) is 25.1 Å². The van der Waals surface area contributed by atoms with Gasteiger partial charge in [-0.2, -0.15) is 0 Å². The molecule has 2 aromatic carbocycles. The Hall–Kier alpha value is -2.82. The van der Waals surface area contributed by atoms with Crippen LogP contribution in [0.4, 0.5) is 5.69 Å². The van der Waals surface area contributed by atoms with Crippen molar-refractivity contribution < 1.29 is 14.3 Å². The summed E-state index contributed by atoms with van der Waals surface area (Å²) in [5.74, 6) is 0.156. The zero-order valence-corrected chi connectivity index (χ0v) is 14.0. The predicted octanol–water partition coefficient (Wildman–Crippen LogP) is 3.48. The van der Waals surface area contributed by atoms with Crippen LogP contribution in [0.25, 0.3) is 0 Å². The lowest BCUT2D eigenvalue weighted by Gasteiger charge is -2.11. The Morgan fingerprint density at radius 2 is 1.79 bits per heavy atom. The first-order valence-electron chi connectivity index (χ1n) is 8.07. The first-order chi connectivity index (χ1) is 11.7. The number of carbonyl (C=O) groups excluding carboxylic acids is 2. The van der Waals surface area contributed by atoms with Gasteiger partial charge in [0.1, 0.15) is 5.75 Å². The molecule has 0 spiro atoms. The Labute approximate surface area is 142 Å². The maximum atomic E-state index is 12.5. The molecule has 0 radical (unpaired) electrons. The molecule has 0 saturated heterocycles. The Morgan fingerprint density at radius 1 is 1.00 bits per heavy atom. The second kappa shape index (κ2) is 8.72. The van der Waals surface area contributed by atoms with Crippen molar-refractivity contribution in [3.63, 3.8) is 0 Å². The summed E-state index contributed by atoms with van der Waals surface area (Å²) in [6.45, 7) is 5.00. The Bertz CT molecular complexity index is 713. The van der Waals surface area contributed by atoms with Gasteiger partial charge in [-0.15, -0.1) is 0 Å². The molecule has 0 aliphatic heterocycles. The quantitative estimate of drug-likeness (QED) is 0.818. The summed E-state index contributed by atoms with van der Waals surface area (Å²) >= 11 is 0. The molecule has 0 fully saturated rings. The van der Waals surface area contributed by atoms with Crippen LogP contribution in [0.15, 0.2) is 48.5 Å². The van der Waals surface area contributed by atoms with Crippen molar-refractivity contribution in [2.75, 3.05) is 18.5 Å². The van der Waals surface area contributed by atoms with Gasteiger partial charge in [0.2, 0.25) is 0 Å². The minimum Gasteiger partial charge on any atom is -0.494 e. The molecular formula is C19H22N2O3. The molecule has 0 saturated carbocycles. The predicted molar refractivity (Wildman–Crippen MR) is 94.6 cm³/mol. The fourth-order valence-electron chi connectivity index (χ4n) is 2.19. The fourth-order valence-corrected chi connectivity index (χ4v) is 2.19. The molecule has 0 bridgehead atoms. The van der Waals surface area contributed by atoms with Gasteiger partial charge in [0.05, 0.1) is 17.9 Å². The van der Waals surface area contributed by atoms with Crippen LogP contribution in [0.1, 0.15) is 41.0 Å². The minimum atomic E-state index is -0.284. The molecular weight excluding hydrogens is 304 g/mol. The first kappa shape index (κ1) is 17.5. The third kappa shape index (κ3) is 4.59. The van der Waals surface area contributed by atoms with Gasteiger partial charge in [0.15, 0.2) is 0 Å². The summed E-state index contributed by atoms with van der Waals surface area (Å²) < 4.78 is 5.55. The molecule has 0 heterocycles. The standard InChI is InChI=1S/C19H22N2O3/c1-3-12-24-15-9-7-8-14(13-15)18(22)21-17-11-6-5-10-16(17)19(23)20-4-2/h5-11,13H,3-4,12H2,1-2H3,(H,20,23)(H,21,22). The SMILES string of the molecule is CCCOc1cccc(C(=O)Nc2ccccc2C(=O)NCC)c1. The lowest BCUT2D eigenvalue weighted by Crippen LogP contribution is -2.24. The first-order valence-corrected chi connectivity index (χ1v) is 8.07. The topological polar surface area (TPSA) is 67.4 Å². The molecule has 0 atom stereocenters. The van der Waals surface area contributed by atoms with Crippen molar-refractivity contribution >= 4 is 17.5 Å². The van der Waals surface area contributed by atoms with E-state index in [4.69, 9.17) is 4.74 Å². The van der Waals surface area contributed by atoms with Crippen LogP contribution in [-0.4, -0.2) is 25.0 Å². The van der Waals surface area contributed by atoms with Crippen molar-refractivity contribution in [3.8, 4) is 5.75 Å². The summed E-state index contributed by atoms with van der Waals surface area (Å²) in [6.07, 6.45) is 0.899. The molecule has 0 aliphatic carbocycles. The van der Waals surface area contributed by atoms with E-state index in [-0.39, 0.29) is 11.8 Å². The van der Waals surface area contributed by atoms with Gasteiger partial charge in [-0.25, -0.2) is 0 Å². The maximum Gasteiger partial charge on any atom is 0.255 e. The lowest BCUT2D eigenvalue weighted by atomic mass is 10.1. The van der Waals surface area contributed by atoms with E-state index in [9.17, 15) is 9.59 Å². The molecule has 2 aromatic rings. The molecule has 0 aromatic heterocycles. The number of para-hydroxylation sites is 1. The van der Waals surface area contributed by atoms with E-state index in [0.29, 0.717) is 35.7 Å². The lowest BCUT2D eigenvalue weighted by molar-refractivity contribution is 0.0956. The Kier molecular flexibility index (Phi) is 6.37. The number of hydrogen-bond acceptors (Lipinski definition) is 3. The molecule has 126 valence electrons. The monoisotopic (exact) mass is 326 g/mol.